The summed E-state index contributed by atoms with van der Waals surface area (Å²) in [5, 5.41) is 2.61. The molecule has 0 aliphatic carbocycles. The average Bonchev–Trinajstić information content (AvgIpc) is 2.54. The van der Waals surface area contributed by atoms with Gasteiger partial charge in [0.1, 0.15) is 11.2 Å². The van der Waals surface area contributed by atoms with Crippen molar-refractivity contribution < 1.29 is 4.79 Å². The summed E-state index contributed by atoms with van der Waals surface area (Å²) in [5.74, 6) is -0.565. The van der Waals surface area contributed by atoms with Crippen LogP contribution in [0.2, 0.25) is 0 Å². The van der Waals surface area contributed by atoms with E-state index < -0.39 is 11.5 Å². The molecule has 7 heteroatoms. The summed E-state index contributed by atoms with van der Waals surface area (Å²) >= 11 is 0. The van der Waals surface area contributed by atoms with Gasteiger partial charge in [-0.25, -0.2) is 4.98 Å². The highest BCUT2D eigenvalue weighted by Gasteiger charge is 2.14. The first-order valence-electron chi connectivity index (χ1n) is 7.41. The first-order chi connectivity index (χ1) is 11.5. The molecule has 2 N–H and O–H groups in total. The Kier molecular flexibility index (Phi) is 3.99. The highest BCUT2D eigenvalue weighted by atomic mass is 16.2. The van der Waals surface area contributed by atoms with E-state index in [1.165, 1.54) is 10.6 Å². The number of pyridine rings is 2. The van der Waals surface area contributed by atoms with E-state index in [0.717, 1.165) is 11.3 Å². The average molecular weight is 324 g/mol. The molecular formula is C17H16N4O3. The van der Waals surface area contributed by atoms with E-state index in [4.69, 9.17) is 0 Å². The number of carbonyl (C=O) groups excluding carboxylic acids is 1. The zero-order valence-electron chi connectivity index (χ0n) is 13.3. The third-order valence-electron chi connectivity index (χ3n) is 3.78. The van der Waals surface area contributed by atoms with Gasteiger partial charge in [0.15, 0.2) is 0 Å². The van der Waals surface area contributed by atoms with Gasteiger partial charge in [0, 0.05) is 30.2 Å². The Labute approximate surface area is 137 Å². The Morgan fingerprint density at radius 3 is 2.83 bits per heavy atom. The van der Waals surface area contributed by atoms with Gasteiger partial charge in [-0.05, 0) is 37.6 Å². The lowest BCUT2D eigenvalue weighted by atomic mass is 10.1. The molecule has 0 atom stereocenters. The Bertz CT molecular complexity index is 1050. The topological polar surface area (TPSA) is 96.3 Å². The molecule has 0 fully saturated rings. The van der Waals surface area contributed by atoms with Crippen LogP contribution in [0.3, 0.4) is 0 Å². The monoisotopic (exact) mass is 324 g/mol. The van der Waals surface area contributed by atoms with Gasteiger partial charge >= 0.3 is 0 Å². The maximum atomic E-state index is 12.4. The quantitative estimate of drug-likeness (QED) is 0.749. The summed E-state index contributed by atoms with van der Waals surface area (Å²) in [6, 6.07) is 6.95. The minimum atomic E-state index is -0.565. The number of H-pyrrole nitrogens is 1. The van der Waals surface area contributed by atoms with Crippen LogP contribution < -0.4 is 16.4 Å². The summed E-state index contributed by atoms with van der Waals surface area (Å²) in [4.78, 5) is 43.4. The fourth-order valence-corrected chi connectivity index (χ4v) is 2.55. The zero-order chi connectivity index (χ0) is 17.3. The minimum Gasteiger partial charge on any atom is -0.348 e. The van der Waals surface area contributed by atoms with Gasteiger partial charge in [0.05, 0.1) is 0 Å². The Morgan fingerprint density at radius 2 is 2.08 bits per heavy atom. The van der Waals surface area contributed by atoms with E-state index in [9.17, 15) is 14.4 Å². The molecule has 7 nitrogen and oxygen atoms in total. The molecule has 0 aliphatic rings. The molecule has 3 aromatic rings. The Morgan fingerprint density at radius 1 is 1.29 bits per heavy atom. The van der Waals surface area contributed by atoms with Gasteiger partial charge in [0.25, 0.3) is 17.0 Å². The zero-order valence-corrected chi connectivity index (χ0v) is 13.3. The van der Waals surface area contributed by atoms with E-state index in [0.29, 0.717) is 11.2 Å². The van der Waals surface area contributed by atoms with E-state index >= 15 is 0 Å². The smallest absolute Gasteiger partial charge is 0.270 e. The van der Waals surface area contributed by atoms with Crippen LogP contribution in [0.1, 0.15) is 27.2 Å². The molecule has 0 aromatic carbocycles. The molecule has 0 saturated carbocycles. The molecule has 0 unspecified atom stereocenters. The van der Waals surface area contributed by atoms with Crippen LogP contribution >= 0.6 is 0 Å². The predicted molar refractivity (Wildman–Crippen MR) is 89.2 cm³/mol. The van der Waals surface area contributed by atoms with Crippen LogP contribution in [0.5, 0.6) is 0 Å². The fourth-order valence-electron chi connectivity index (χ4n) is 2.55. The van der Waals surface area contributed by atoms with E-state index in [2.05, 4.69) is 15.3 Å². The molecule has 0 radical (unpaired) electrons. The number of carbonyl (C=O) groups is 1. The second-order valence-electron chi connectivity index (χ2n) is 5.53. The van der Waals surface area contributed by atoms with Crippen LogP contribution in [-0.4, -0.2) is 20.3 Å². The van der Waals surface area contributed by atoms with Crippen LogP contribution in [0.4, 0.5) is 0 Å². The number of rotatable bonds is 3. The highest BCUT2D eigenvalue weighted by Crippen LogP contribution is 2.04. The highest BCUT2D eigenvalue weighted by molar-refractivity contribution is 5.93. The number of nitrogens with zero attached hydrogens (tertiary/aromatic N) is 2. The van der Waals surface area contributed by atoms with E-state index in [-0.39, 0.29) is 17.7 Å². The van der Waals surface area contributed by atoms with Crippen molar-refractivity contribution in [2.45, 2.75) is 20.4 Å². The Balaban J connectivity index is 1.88. The van der Waals surface area contributed by atoms with Gasteiger partial charge in [-0.15, -0.1) is 0 Å². The summed E-state index contributed by atoms with van der Waals surface area (Å²) < 4.78 is 1.30. The van der Waals surface area contributed by atoms with E-state index in [1.807, 2.05) is 6.07 Å². The molecule has 3 heterocycles. The second-order valence-corrected chi connectivity index (χ2v) is 5.53. The molecule has 0 saturated heterocycles. The molecule has 0 spiro atoms. The van der Waals surface area contributed by atoms with Gasteiger partial charge in [-0.1, -0.05) is 6.07 Å². The molecule has 24 heavy (non-hydrogen) atoms. The van der Waals surface area contributed by atoms with Crippen molar-refractivity contribution in [3.05, 3.63) is 79.8 Å². The standard InChI is InChI=1S/C17H16N4O3/c1-10-7-11(2)20-16(23)12(10)8-19-15(22)13-9-18-14-5-3-4-6-21(14)17(13)24/h3-7,9H,8H2,1-2H3,(H,19,22)(H,20,23). The fraction of sp³-hybridized carbons (Fsp3) is 0.176. The van der Waals surface area contributed by atoms with Gasteiger partial charge in [0.2, 0.25) is 0 Å². The third kappa shape index (κ3) is 2.83. The largest absolute Gasteiger partial charge is 0.348 e. The number of aromatic amines is 1. The van der Waals surface area contributed by atoms with Crippen molar-refractivity contribution in [1.29, 1.82) is 0 Å². The minimum absolute atomic E-state index is 0.0389. The number of aryl methyl sites for hydroxylation is 2. The molecule has 1 amide bonds. The van der Waals surface area contributed by atoms with Crippen molar-refractivity contribution in [1.82, 2.24) is 19.7 Å². The van der Waals surface area contributed by atoms with Gasteiger partial charge in [-0.2, -0.15) is 0 Å². The van der Waals surface area contributed by atoms with Crippen molar-refractivity contribution in [2.75, 3.05) is 0 Å². The van der Waals surface area contributed by atoms with Gasteiger partial charge < -0.3 is 10.3 Å². The number of amides is 1. The Hall–Kier alpha value is -3.22. The summed E-state index contributed by atoms with van der Waals surface area (Å²) in [5.41, 5.74) is 1.69. The molecule has 0 bridgehead atoms. The lowest BCUT2D eigenvalue weighted by Crippen LogP contribution is -2.33. The third-order valence-corrected chi connectivity index (χ3v) is 3.78. The maximum absolute atomic E-state index is 12.4. The SMILES string of the molecule is Cc1cc(C)c(CNC(=O)c2cnc3ccccn3c2=O)c(=O)[nH]1. The molecule has 3 rings (SSSR count). The number of hydrogen-bond donors (Lipinski definition) is 2. The lowest BCUT2D eigenvalue weighted by Gasteiger charge is -2.08. The number of nitrogens with one attached hydrogen (secondary N) is 2. The van der Waals surface area contributed by atoms with Crippen LogP contribution in [0.25, 0.3) is 5.65 Å². The van der Waals surface area contributed by atoms with Crippen LogP contribution in [-0.2, 0) is 6.54 Å². The normalized spacial score (nSPS) is 10.8. The van der Waals surface area contributed by atoms with Crippen molar-refractivity contribution in [3.8, 4) is 0 Å². The van der Waals surface area contributed by atoms with Gasteiger partial charge in [-0.3, -0.25) is 18.8 Å². The second kappa shape index (κ2) is 6.11. The summed E-state index contributed by atoms with van der Waals surface area (Å²) in [6.07, 6.45) is 2.80. The first-order valence-corrected chi connectivity index (χ1v) is 7.41. The van der Waals surface area contributed by atoms with Crippen molar-refractivity contribution in [3.63, 3.8) is 0 Å². The van der Waals surface area contributed by atoms with Crippen LogP contribution in [0.15, 0.2) is 46.2 Å². The molecule has 0 aliphatic heterocycles. The number of hydrogen-bond acceptors (Lipinski definition) is 4. The summed E-state index contributed by atoms with van der Waals surface area (Å²) in [6.45, 7) is 3.63. The molecule has 3 aromatic heterocycles. The number of fused-ring (bicyclic) bond motifs is 1. The van der Waals surface area contributed by atoms with Crippen molar-refractivity contribution >= 4 is 11.6 Å². The molecular weight excluding hydrogens is 308 g/mol. The van der Waals surface area contributed by atoms with Crippen LogP contribution in [0, 0.1) is 13.8 Å². The van der Waals surface area contributed by atoms with E-state index in [1.54, 1.807) is 38.2 Å². The maximum Gasteiger partial charge on any atom is 0.270 e. The number of aromatic nitrogens is 3. The first kappa shape index (κ1) is 15.7. The molecule has 122 valence electrons. The predicted octanol–water partition coefficient (Wildman–Crippen LogP) is 0.930. The lowest BCUT2D eigenvalue weighted by molar-refractivity contribution is 0.0948. The summed E-state index contributed by atoms with van der Waals surface area (Å²) in [7, 11) is 0. The van der Waals surface area contributed by atoms with Crippen molar-refractivity contribution in [2.24, 2.45) is 0 Å².